The van der Waals surface area contributed by atoms with Crippen molar-refractivity contribution in [3.05, 3.63) is 66.1 Å². The lowest BCUT2D eigenvalue weighted by molar-refractivity contribution is -0.143. The molecule has 7 nitrogen and oxygen atoms in total. The molecule has 0 saturated carbocycles. The molecule has 2 aromatic carbocycles. The van der Waals surface area contributed by atoms with Crippen LogP contribution in [0.15, 0.2) is 59.0 Å². The number of nitrogens with zero attached hydrogens (tertiary/aromatic N) is 2. The molecule has 0 amide bonds. The number of carbonyl (C=O) groups is 1. The van der Waals surface area contributed by atoms with E-state index >= 15 is 0 Å². The van der Waals surface area contributed by atoms with Crippen LogP contribution < -0.4 is 9.47 Å². The van der Waals surface area contributed by atoms with Crippen molar-refractivity contribution < 1.29 is 23.4 Å². The lowest BCUT2D eigenvalue weighted by atomic mass is 10.2. The largest absolute Gasteiger partial charge is 0.493 e. The first-order valence-electron chi connectivity index (χ1n) is 8.60. The molecule has 0 unspecified atom stereocenters. The van der Waals surface area contributed by atoms with Gasteiger partial charge in [-0.3, -0.25) is 0 Å². The highest BCUT2D eigenvalue weighted by Crippen LogP contribution is 2.28. The van der Waals surface area contributed by atoms with Gasteiger partial charge in [0.1, 0.15) is 0 Å². The van der Waals surface area contributed by atoms with E-state index in [2.05, 4.69) is 10.2 Å². The van der Waals surface area contributed by atoms with E-state index in [1.807, 2.05) is 30.3 Å². The Bertz CT molecular complexity index is 966. The maximum Gasteiger partial charge on any atom is 0.331 e. The average Bonchev–Trinajstić information content (AvgIpc) is 3.23. The van der Waals surface area contributed by atoms with Crippen molar-refractivity contribution in [2.75, 3.05) is 14.2 Å². The summed E-state index contributed by atoms with van der Waals surface area (Å²) < 4.78 is 21.4. The Morgan fingerprint density at radius 3 is 2.50 bits per heavy atom. The predicted molar refractivity (Wildman–Crippen MR) is 103 cm³/mol. The van der Waals surface area contributed by atoms with Crippen LogP contribution in [-0.2, 0) is 9.53 Å². The summed E-state index contributed by atoms with van der Waals surface area (Å²) in [6.07, 6.45) is 2.28. The number of ether oxygens (including phenoxy) is 3. The Morgan fingerprint density at radius 1 is 1.04 bits per heavy atom. The molecule has 28 heavy (non-hydrogen) atoms. The van der Waals surface area contributed by atoms with Crippen molar-refractivity contribution >= 4 is 12.0 Å². The molecule has 1 atom stereocenters. The van der Waals surface area contributed by atoms with Gasteiger partial charge in [0.15, 0.2) is 17.6 Å². The first-order valence-corrected chi connectivity index (χ1v) is 8.60. The Balaban J connectivity index is 1.63. The van der Waals surface area contributed by atoms with Gasteiger partial charge >= 0.3 is 5.97 Å². The number of benzene rings is 2. The first-order chi connectivity index (χ1) is 13.6. The second-order valence-corrected chi connectivity index (χ2v) is 5.84. The summed E-state index contributed by atoms with van der Waals surface area (Å²) in [5.74, 6) is 1.26. The molecule has 1 heterocycles. The van der Waals surface area contributed by atoms with Crippen LogP contribution in [0, 0.1) is 0 Å². The zero-order valence-electron chi connectivity index (χ0n) is 15.8. The fraction of sp³-hybridized carbons (Fsp3) is 0.190. The second-order valence-electron chi connectivity index (χ2n) is 5.84. The molecule has 3 rings (SSSR count). The van der Waals surface area contributed by atoms with E-state index in [9.17, 15) is 4.79 Å². The molecule has 144 valence electrons. The van der Waals surface area contributed by atoms with E-state index in [0.717, 1.165) is 11.1 Å². The quantitative estimate of drug-likeness (QED) is 0.451. The number of hydrogen-bond donors (Lipinski definition) is 0. The number of rotatable bonds is 7. The van der Waals surface area contributed by atoms with Crippen molar-refractivity contribution in [2.24, 2.45) is 0 Å². The van der Waals surface area contributed by atoms with Crippen LogP contribution in [0.25, 0.3) is 17.5 Å². The molecular formula is C21H20N2O5. The van der Waals surface area contributed by atoms with E-state index in [-0.39, 0.29) is 5.89 Å². The molecule has 1 aromatic heterocycles. The lowest BCUT2D eigenvalue weighted by Crippen LogP contribution is -2.06. The normalized spacial score (nSPS) is 12.0. The molecule has 0 fully saturated rings. The molecule has 0 radical (unpaired) electrons. The summed E-state index contributed by atoms with van der Waals surface area (Å²) in [5, 5.41) is 7.95. The SMILES string of the molecule is COc1ccc(/C=C/C(=O)O[C@H](C)c2nnc(-c3ccccc3)o2)cc1OC. The van der Waals surface area contributed by atoms with Crippen molar-refractivity contribution in [1.82, 2.24) is 10.2 Å². The number of methoxy groups -OCH3 is 2. The van der Waals surface area contributed by atoms with Gasteiger partial charge in [0.05, 0.1) is 14.2 Å². The van der Waals surface area contributed by atoms with Crippen LogP contribution in [0.5, 0.6) is 11.5 Å². The fourth-order valence-corrected chi connectivity index (χ4v) is 2.48. The third kappa shape index (κ3) is 4.56. The smallest absolute Gasteiger partial charge is 0.331 e. The van der Waals surface area contributed by atoms with Crippen LogP contribution in [0.1, 0.15) is 24.5 Å². The molecule has 7 heteroatoms. The Labute approximate surface area is 162 Å². The summed E-state index contributed by atoms with van der Waals surface area (Å²) in [6.45, 7) is 1.67. The minimum atomic E-state index is -0.674. The molecule has 0 aliphatic heterocycles. The van der Waals surface area contributed by atoms with Gasteiger partial charge in [-0.2, -0.15) is 0 Å². The van der Waals surface area contributed by atoms with E-state index < -0.39 is 12.1 Å². The maximum absolute atomic E-state index is 12.1. The molecule has 0 aliphatic rings. The van der Waals surface area contributed by atoms with Gasteiger partial charge < -0.3 is 18.6 Å². The summed E-state index contributed by atoms with van der Waals surface area (Å²) >= 11 is 0. The van der Waals surface area contributed by atoms with Gasteiger partial charge in [-0.1, -0.05) is 24.3 Å². The predicted octanol–water partition coefficient (Wildman–Crippen LogP) is 4.07. The summed E-state index contributed by atoms with van der Waals surface area (Å²) in [4.78, 5) is 12.1. The molecule has 0 N–H and O–H groups in total. The number of hydrogen-bond acceptors (Lipinski definition) is 7. The molecule has 0 spiro atoms. The number of carbonyl (C=O) groups excluding carboxylic acids is 1. The van der Waals surface area contributed by atoms with E-state index in [4.69, 9.17) is 18.6 Å². The summed E-state index contributed by atoms with van der Waals surface area (Å²) in [6, 6.07) is 14.7. The first kappa shape index (κ1) is 19.2. The third-order valence-corrected chi connectivity index (χ3v) is 3.92. The van der Waals surface area contributed by atoms with Crippen LogP contribution in [0.4, 0.5) is 0 Å². The van der Waals surface area contributed by atoms with Gasteiger partial charge in [-0.05, 0) is 42.8 Å². The summed E-state index contributed by atoms with van der Waals surface area (Å²) in [5.41, 5.74) is 1.57. The highest BCUT2D eigenvalue weighted by Gasteiger charge is 2.18. The van der Waals surface area contributed by atoms with Gasteiger partial charge in [0.2, 0.25) is 5.89 Å². The highest BCUT2D eigenvalue weighted by molar-refractivity contribution is 5.87. The minimum Gasteiger partial charge on any atom is -0.493 e. The van der Waals surface area contributed by atoms with Crippen molar-refractivity contribution in [3.8, 4) is 23.0 Å². The molecule has 3 aromatic rings. The van der Waals surface area contributed by atoms with Crippen molar-refractivity contribution in [2.45, 2.75) is 13.0 Å². The van der Waals surface area contributed by atoms with E-state index in [0.29, 0.717) is 17.4 Å². The zero-order chi connectivity index (χ0) is 19.9. The standard InChI is InChI=1S/C21H20N2O5/c1-14(20-22-23-21(28-20)16-7-5-4-6-8-16)27-19(24)12-10-15-9-11-17(25-2)18(13-15)26-3/h4-14H,1-3H3/b12-10+/t14-/m1/s1. The van der Waals surface area contributed by atoms with Crippen molar-refractivity contribution in [3.63, 3.8) is 0 Å². The van der Waals surface area contributed by atoms with Gasteiger partial charge in [-0.15, -0.1) is 10.2 Å². The Hall–Kier alpha value is -3.61. The zero-order valence-corrected chi connectivity index (χ0v) is 15.8. The van der Waals surface area contributed by atoms with E-state index in [1.165, 1.54) is 6.08 Å². The number of aromatic nitrogens is 2. The second kappa shape index (κ2) is 8.85. The third-order valence-electron chi connectivity index (χ3n) is 3.92. The van der Waals surface area contributed by atoms with Crippen LogP contribution in [0.3, 0.4) is 0 Å². The average molecular weight is 380 g/mol. The number of esters is 1. The van der Waals surface area contributed by atoms with Crippen LogP contribution in [-0.4, -0.2) is 30.4 Å². The fourth-order valence-electron chi connectivity index (χ4n) is 2.48. The van der Waals surface area contributed by atoms with Crippen LogP contribution >= 0.6 is 0 Å². The van der Waals surface area contributed by atoms with Crippen LogP contribution in [0.2, 0.25) is 0 Å². The van der Waals surface area contributed by atoms with Gasteiger partial charge in [0.25, 0.3) is 5.89 Å². The minimum absolute atomic E-state index is 0.228. The van der Waals surface area contributed by atoms with Gasteiger partial charge in [0, 0.05) is 11.6 Å². The highest BCUT2D eigenvalue weighted by atomic mass is 16.6. The monoisotopic (exact) mass is 380 g/mol. The maximum atomic E-state index is 12.1. The van der Waals surface area contributed by atoms with Crippen molar-refractivity contribution in [1.29, 1.82) is 0 Å². The Kier molecular flexibility index (Phi) is 6.06. The molecule has 0 saturated heterocycles. The molecule has 0 bridgehead atoms. The summed E-state index contributed by atoms with van der Waals surface area (Å²) in [7, 11) is 3.11. The molecular weight excluding hydrogens is 360 g/mol. The Morgan fingerprint density at radius 2 is 1.79 bits per heavy atom. The lowest BCUT2D eigenvalue weighted by Gasteiger charge is -2.08. The van der Waals surface area contributed by atoms with Gasteiger partial charge in [-0.25, -0.2) is 4.79 Å². The van der Waals surface area contributed by atoms with E-state index in [1.54, 1.807) is 45.4 Å². The molecule has 0 aliphatic carbocycles. The topological polar surface area (TPSA) is 83.7 Å².